The Bertz CT molecular complexity index is 1240. The van der Waals surface area contributed by atoms with Crippen LogP contribution in [0.1, 0.15) is 38.0 Å². The molecule has 7 heteroatoms. The van der Waals surface area contributed by atoms with Crippen LogP contribution >= 0.6 is 0 Å². The van der Waals surface area contributed by atoms with Gasteiger partial charge in [0.1, 0.15) is 6.17 Å². The monoisotopic (exact) mass is 484 g/mol. The van der Waals surface area contributed by atoms with Crippen molar-refractivity contribution in [2.24, 2.45) is 0 Å². The topological polar surface area (TPSA) is 65.1 Å². The van der Waals surface area contributed by atoms with Gasteiger partial charge in [0.15, 0.2) is 0 Å². The summed E-state index contributed by atoms with van der Waals surface area (Å²) in [6.45, 7) is 6.12. The number of ether oxygens (including phenoxy) is 1. The summed E-state index contributed by atoms with van der Waals surface area (Å²) in [6.07, 6.45) is -0.278. The molecule has 0 saturated carbocycles. The highest BCUT2D eigenvalue weighted by Crippen LogP contribution is 2.34. The predicted molar refractivity (Wildman–Crippen MR) is 141 cm³/mol. The molecule has 1 unspecified atom stereocenters. The molecule has 36 heavy (non-hydrogen) atoms. The SMILES string of the molecule is COCCN1C(=O)c2ccccc2C1Nc1ccc(C(=O)N2CCN(c3ccccc3C)CC2)cc1. The van der Waals surface area contributed by atoms with Gasteiger partial charge in [-0.25, -0.2) is 0 Å². The Balaban J connectivity index is 1.24. The van der Waals surface area contributed by atoms with Crippen LogP contribution in [-0.4, -0.2) is 68.1 Å². The summed E-state index contributed by atoms with van der Waals surface area (Å²) in [6, 6.07) is 23.6. The van der Waals surface area contributed by atoms with E-state index in [4.69, 9.17) is 4.74 Å². The Hall–Kier alpha value is -3.84. The van der Waals surface area contributed by atoms with Crippen LogP contribution < -0.4 is 10.2 Å². The maximum atomic E-state index is 13.2. The van der Waals surface area contributed by atoms with E-state index in [-0.39, 0.29) is 18.0 Å². The number of benzene rings is 3. The van der Waals surface area contributed by atoms with E-state index >= 15 is 0 Å². The van der Waals surface area contributed by atoms with E-state index in [1.54, 1.807) is 12.0 Å². The average Bonchev–Trinajstić information content (AvgIpc) is 3.18. The fourth-order valence-corrected chi connectivity index (χ4v) is 5.06. The van der Waals surface area contributed by atoms with Gasteiger partial charge < -0.3 is 24.8 Å². The molecule has 3 aromatic rings. The lowest BCUT2D eigenvalue weighted by molar-refractivity contribution is 0.0674. The molecule has 2 amide bonds. The fraction of sp³-hybridized carbons (Fsp3) is 0.310. The third-order valence-electron chi connectivity index (χ3n) is 7.05. The molecule has 1 saturated heterocycles. The van der Waals surface area contributed by atoms with E-state index in [1.165, 1.54) is 11.3 Å². The van der Waals surface area contributed by atoms with Crippen LogP contribution in [0.4, 0.5) is 11.4 Å². The Morgan fingerprint density at radius 1 is 0.944 bits per heavy atom. The molecule has 5 rings (SSSR count). The smallest absolute Gasteiger partial charge is 0.256 e. The summed E-state index contributed by atoms with van der Waals surface area (Å²) in [4.78, 5) is 32.2. The molecule has 0 aromatic heterocycles. The van der Waals surface area contributed by atoms with Crippen LogP contribution in [0.2, 0.25) is 0 Å². The number of aryl methyl sites for hydroxylation is 1. The van der Waals surface area contributed by atoms with Crippen LogP contribution in [0.25, 0.3) is 0 Å². The molecule has 2 aliphatic rings. The molecule has 0 bridgehead atoms. The number of hydrogen-bond acceptors (Lipinski definition) is 5. The zero-order valence-electron chi connectivity index (χ0n) is 20.8. The van der Waals surface area contributed by atoms with Gasteiger partial charge in [-0.15, -0.1) is 0 Å². The van der Waals surface area contributed by atoms with Crippen LogP contribution in [0.5, 0.6) is 0 Å². The lowest BCUT2D eigenvalue weighted by atomic mass is 10.1. The number of methoxy groups -OCH3 is 1. The number of nitrogens with zero attached hydrogens (tertiary/aromatic N) is 3. The van der Waals surface area contributed by atoms with Gasteiger partial charge in [0.2, 0.25) is 0 Å². The number of para-hydroxylation sites is 1. The molecule has 2 heterocycles. The van der Waals surface area contributed by atoms with Gasteiger partial charge in [-0.05, 0) is 48.9 Å². The first kappa shape index (κ1) is 23.9. The second-order valence-electron chi connectivity index (χ2n) is 9.27. The molecule has 2 aliphatic heterocycles. The lowest BCUT2D eigenvalue weighted by Gasteiger charge is -2.36. The highest BCUT2D eigenvalue weighted by Gasteiger charge is 2.36. The van der Waals surface area contributed by atoms with Crippen molar-refractivity contribution in [3.05, 3.63) is 95.1 Å². The first-order valence-electron chi connectivity index (χ1n) is 12.4. The number of nitrogens with one attached hydrogen (secondary N) is 1. The standard InChI is InChI=1S/C29H32N4O3/c1-21-7-3-6-10-26(21)31-15-17-32(18-16-31)28(34)22-11-13-23(14-12-22)30-27-24-8-4-5-9-25(24)29(35)33(27)19-20-36-2/h3-14,27,30H,15-20H2,1-2H3. The van der Waals surface area contributed by atoms with E-state index in [9.17, 15) is 9.59 Å². The highest BCUT2D eigenvalue weighted by atomic mass is 16.5. The minimum atomic E-state index is -0.278. The van der Waals surface area contributed by atoms with Gasteiger partial charge in [-0.1, -0.05) is 36.4 Å². The van der Waals surface area contributed by atoms with E-state index in [0.717, 1.165) is 24.3 Å². The first-order valence-corrected chi connectivity index (χ1v) is 12.4. The number of carbonyl (C=O) groups is 2. The van der Waals surface area contributed by atoms with Gasteiger partial charge in [-0.2, -0.15) is 0 Å². The second-order valence-corrected chi connectivity index (χ2v) is 9.27. The van der Waals surface area contributed by atoms with Gasteiger partial charge >= 0.3 is 0 Å². The molecular formula is C29H32N4O3. The van der Waals surface area contributed by atoms with Gasteiger partial charge in [0.25, 0.3) is 11.8 Å². The van der Waals surface area contributed by atoms with E-state index in [2.05, 4.69) is 41.4 Å². The maximum Gasteiger partial charge on any atom is 0.256 e. The van der Waals surface area contributed by atoms with E-state index < -0.39 is 0 Å². The van der Waals surface area contributed by atoms with E-state index in [0.29, 0.717) is 37.4 Å². The van der Waals surface area contributed by atoms with Crippen LogP contribution in [0.3, 0.4) is 0 Å². The van der Waals surface area contributed by atoms with Crippen molar-refractivity contribution in [2.45, 2.75) is 13.1 Å². The predicted octanol–water partition coefficient (Wildman–Crippen LogP) is 4.17. The molecule has 0 aliphatic carbocycles. The summed E-state index contributed by atoms with van der Waals surface area (Å²) in [7, 11) is 1.63. The first-order chi connectivity index (χ1) is 17.6. The van der Waals surface area contributed by atoms with Gasteiger partial charge in [-0.3, -0.25) is 9.59 Å². The fourth-order valence-electron chi connectivity index (χ4n) is 5.06. The van der Waals surface area contributed by atoms with E-state index in [1.807, 2.05) is 53.4 Å². The summed E-state index contributed by atoms with van der Waals surface area (Å²) in [5.74, 6) is 0.0471. The number of carbonyl (C=O) groups excluding carboxylic acids is 2. The lowest BCUT2D eigenvalue weighted by Crippen LogP contribution is -2.49. The largest absolute Gasteiger partial charge is 0.383 e. The third kappa shape index (κ3) is 4.66. The van der Waals surface area contributed by atoms with Crippen molar-refractivity contribution in [3.8, 4) is 0 Å². The number of fused-ring (bicyclic) bond motifs is 1. The minimum Gasteiger partial charge on any atom is -0.383 e. The Morgan fingerprint density at radius 3 is 2.36 bits per heavy atom. The number of amides is 2. The molecular weight excluding hydrogens is 452 g/mol. The summed E-state index contributed by atoms with van der Waals surface area (Å²) >= 11 is 0. The highest BCUT2D eigenvalue weighted by molar-refractivity contribution is 5.99. The molecule has 186 valence electrons. The summed E-state index contributed by atoms with van der Waals surface area (Å²) in [5.41, 5.74) is 5.68. The van der Waals surface area contributed by atoms with Crippen LogP contribution in [0, 0.1) is 6.92 Å². The molecule has 1 atom stereocenters. The van der Waals surface area contributed by atoms with Crippen molar-refractivity contribution < 1.29 is 14.3 Å². The van der Waals surface area contributed by atoms with Crippen LogP contribution in [-0.2, 0) is 4.74 Å². The Kier molecular flexibility index (Phi) is 6.91. The average molecular weight is 485 g/mol. The number of hydrogen-bond donors (Lipinski definition) is 1. The summed E-state index contributed by atoms with van der Waals surface area (Å²) in [5, 5.41) is 3.48. The van der Waals surface area contributed by atoms with Crippen molar-refractivity contribution in [1.82, 2.24) is 9.80 Å². The van der Waals surface area contributed by atoms with Crippen molar-refractivity contribution >= 4 is 23.2 Å². The molecule has 1 fully saturated rings. The zero-order chi connectivity index (χ0) is 25.1. The van der Waals surface area contributed by atoms with Crippen molar-refractivity contribution in [3.63, 3.8) is 0 Å². The zero-order valence-corrected chi connectivity index (χ0v) is 20.8. The molecule has 0 radical (unpaired) electrons. The Morgan fingerprint density at radius 2 is 1.64 bits per heavy atom. The van der Waals surface area contributed by atoms with Crippen LogP contribution in [0.15, 0.2) is 72.8 Å². The maximum absolute atomic E-state index is 13.2. The van der Waals surface area contributed by atoms with Crippen molar-refractivity contribution in [1.29, 1.82) is 0 Å². The molecule has 0 spiro atoms. The summed E-state index contributed by atoms with van der Waals surface area (Å²) < 4.78 is 5.22. The second kappa shape index (κ2) is 10.4. The minimum absolute atomic E-state index is 0.00298. The number of anilines is 2. The quantitative estimate of drug-likeness (QED) is 0.545. The third-order valence-corrected chi connectivity index (χ3v) is 7.05. The van der Waals surface area contributed by atoms with Gasteiger partial charge in [0.05, 0.1) is 6.61 Å². The van der Waals surface area contributed by atoms with Gasteiger partial charge in [0, 0.05) is 67.9 Å². The normalized spacial score (nSPS) is 17.3. The molecule has 3 aromatic carbocycles. The molecule has 1 N–H and O–H groups in total. The number of rotatable bonds is 7. The molecule has 7 nitrogen and oxygen atoms in total. The number of piperazine rings is 1. The Labute approximate surface area is 212 Å². The van der Waals surface area contributed by atoms with Crippen molar-refractivity contribution in [2.75, 3.05) is 56.7 Å².